The summed E-state index contributed by atoms with van der Waals surface area (Å²) >= 11 is 6.58. The van der Waals surface area contributed by atoms with Gasteiger partial charge in [-0.2, -0.15) is 0 Å². The number of halogens is 1. The van der Waals surface area contributed by atoms with Crippen LogP contribution in [0.5, 0.6) is 0 Å². The quantitative estimate of drug-likeness (QED) is 0.569. The van der Waals surface area contributed by atoms with E-state index in [1.165, 1.54) is 12.8 Å². The number of alkyl halides is 1. The number of hydrogen-bond acceptors (Lipinski definition) is 0. The highest BCUT2D eigenvalue weighted by atomic mass is 35.5. The zero-order chi connectivity index (χ0) is 10.6. The lowest BCUT2D eigenvalue weighted by molar-refractivity contribution is 0.269. The maximum absolute atomic E-state index is 6.58. The molecule has 0 heterocycles. The van der Waals surface area contributed by atoms with Crippen LogP contribution in [0.2, 0.25) is 0 Å². The third-order valence-corrected chi connectivity index (χ3v) is 4.11. The average Bonchev–Trinajstić information content (AvgIpc) is 2.01. The van der Waals surface area contributed by atoms with E-state index in [0.29, 0.717) is 11.8 Å². The van der Waals surface area contributed by atoms with Gasteiger partial charge in [-0.05, 0) is 31.1 Å². The summed E-state index contributed by atoms with van der Waals surface area (Å²) in [6.07, 6.45) is 2.40. The van der Waals surface area contributed by atoms with Gasteiger partial charge in [0.05, 0.1) is 0 Å². The molecule has 80 valence electrons. The Morgan fingerprint density at radius 2 is 1.54 bits per heavy atom. The second-order valence-corrected chi connectivity index (χ2v) is 5.81. The van der Waals surface area contributed by atoms with Crippen LogP contribution < -0.4 is 0 Å². The lowest BCUT2D eigenvalue weighted by Gasteiger charge is -2.35. The Morgan fingerprint density at radius 1 is 1.08 bits per heavy atom. The smallest absolute Gasteiger partial charge is 0.0469 e. The van der Waals surface area contributed by atoms with Crippen molar-refractivity contribution < 1.29 is 0 Å². The fraction of sp³-hybridized carbons (Fsp3) is 1.00. The molecule has 0 fully saturated rings. The maximum Gasteiger partial charge on any atom is 0.0469 e. The molecule has 0 aromatic carbocycles. The third-order valence-electron chi connectivity index (χ3n) is 3.36. The van der Waals surface area contributed by atoms with Crippen LogP contribution in [0.1, 0.15) is 54.4 Å². The van der Waals surface area contributed by atoms with E-state index in [1.54, 1.807) is 0 Å². The number of rotatable bonds is 5. The lowest BCUT2D eigenvalue weighted by atomic mass is 9.79. The van der Waals surface area contributed by atoms with E-state index in [9.17, 15) is 0 Å². The van der Waals surface area contributed by atoms with Crippen LogP contribution in [-0.4, -0.2) is 4.87 Å². The predicted molar refractivity (Wildman–Crippen MR) is 62.3 cm³/mol. The number of hydrogen-bond donors (Lipinski definition) is 0. The first-order valence-electron chi connectivity index (χ1n) is 5.51. The minimum absolute atomic E-state index is 0.0287. The van der Waals surface area contributed by atoms with Gasteiger partial charge in [-0.15, -0.1) is 11.6 Å². The molecule has 3 unspecified atom stereocenters. The summed E-state index contributed by atoms with van der Waals surface area (Å²) in [5.41, 5.74) is 0. The topological polar surface area (TPSA) is 0 Å². The molecule has 0 saturated carbocycles. The van der Waals surface area contributed by atoms with Crippen molar-refractivity contribution in [3.8, 4) is 0 Å². The minimum Gasteiger partial charge on any atom is -0.119 e. The van der Waals surface area contributed by atoms with Gasteiger partial charge in [-0.1, -0.05) is 41.0 Å². The summed E-state index contributed by atoms with van der Waals surface area (Å²) < 4.78 is 0. The molecule has 0 radical (unpaired) electrons. The van der Waals surface area contributed by atoms with Crippen LogP contribution in [0.4, 0.5) is 0 Å². The van der Waals surface area contributed by atoms with Crippen LogP contribution in [0, 0.1) is 17.8 Å². The van der Waals surface area contributed by atoms with Gasteiger partial charge < -0.3 is 0 Å². The summed E-state index contributed by atoms with van der Waals surface area (Å²) in [5, 5.41) is 0. The summed E-state index contributed by atoms with van der Waals surface area (Å²) in [6, 6.07) is 0. The molecule has 0 nitrogen and oxygen atoms in total. The SMILES string of the molecule is CCC(C)C(C)(Cl)C(C)CC(C)C. The van der Waals surface area contributed by atoms with E-state index in [4.69, 9.17) is 11.6 Å². The van der Waals surface area contributed by atoms with Crippen molar-refractivity contribution in [1.29, 1.82) is 0 Å². The van der Waals surface area contributed by atoms with Crippen molar-refractivity contribution in [2.75, 3.05) is 0 Å². The van der Waals surface area contributed by atoms with E-state index >= 15 is 0 Å². The largest absolute Gasteiger partial charge is 0.119 e. The van der Waals surface area contributed by atoms with Crippen LogP contribution in [0.25, 0.3) is 0 Å². The van der Waals surface area contributed by atoms with Crippen molar-refractivity contribution in [1.82, 2.24) is 0 Å². The van der Waals surface area contributed by atoms with Gasteiger partial charge in [0.1, 0.15) is 0 Å². The Bertz CT molecular complexity index is 138. The molecule has 0 aliphatic heterocycles. The molecule has 3 atom stereocenters. The highest BCUT2D eigenvalue weighted by Crippen LogP contribution is 2.37. The molecule has 0 spiro atoms. The average molecular weight is 205 g/mol. The van der Waals surface area contributed by atoms with Crippen LogP contribution in [-0.2, 0) is 0 Å². The minimum atomic E-state index is -0.0287. The highest BCUT2D eigenvalue weighted by Gasteiger charge is 2.33. The van der Waals surface area contributed by atoms with Gasteiger partial charge in [0.15, 0.2) is 0 Å². The molecule has 13 heavy (non-hydrogen) atoms. The molecule has 0 N–H and O–H groups in total. The predicted octanol–water partition coefficient (Wildman–Crippen LogP) is 4.71. The monoisotopic (exact) mass is 204 g/mol. The highest BCUT2D eigenvalue weighted by molar-refractivity contribution is 6.24. The molecule has 0 amide bonds. The van der Waals surface area contributed by atoms with Gasteiger partial charge in [-0.25, -0.2) is 0 Å². The summed E-state index contributed by atoms with van der Waals surface area (Å²) in [7, 11) is 0. The van der Waals surface area contributed by atoms with Gasteiger partial charge in [0.25, 0.3) is 0 Å². The second kappa shape index (κ2) is 5.24. The molecule has 0 aromatic rings. The van der Waals surface area contributed by atoms with E-state index in [0.717, 1.165) is 5.92 Å². The summed E-state index contributed by atoms with van der Waals surface area (Å²) in [5.74, 6) is 1.95. The Balaban J connectivity index is 4.25. The maximum atomic E-state index is 6.58. The first kappa shape index (κ1) is 13.3. The Morgan fingerprint density at radius 3 is 1.85 bits per heavy atom. The van der Waals surface area contributed by atoms with Crippen molar-refractivity contribution >= 4 is 11.6 Å². The molecule has 0 rings (SSSR count). The van der Waals surface area contributed by atoms with E-state index in [1.807, 2.05) is 0 Å². The molecule has 0 aliphatic rings. The zero-order valence-corrected chi connectivity index (χ0v) is 10.8. The Kier molecular flexibility index (Phi) is 5.36. The second-order valence-electron chi connectivity index (χ2n) is 4.99. The lowest BCUT2D eigenvalue weighted by Crippen LogP contribution is -2.34. The molecule has 0 aromatic heterocycles. The third kappa shape index (κ3) is 3.89. The fourth-order valence-electron chi connectivity index (χ4n) is 1.82. The van der Waals surface area contributed by atoms with Gasteiger partial charge in [0, 0.05) is 4.87 Å². The molecule has 0 bridgehead atoms. The zero-order valence-electron chi connectivity index (χ0n) is 10.0. The summed E-state index contributed by atoms with van der Waals surface area (Å²) in [6.45, 7) is 13.5. The molecule has 0 saturated heterocycles. The Hall–Kier alpha value is 0.290. The van der Waals surface area contributed by atoms with Crippen molar-refractivity contribution in [2.24, 2.45) is 17.8 Å². The van der Waals surface area contributed by atoms with E-state index in [2.05, 4.69) is 41.5 Å². The van der Waals surface area contributed by atoms with E-state index < -0.39 is 0 Å². The van der Waals surface area contributed by atoms with Crippen LogP contribution in [0.15, 0.2) is 0 Å². The van der Waals surface area contributed by atoms with Gasteiger partial charge in [0.2, 0.25) is 0 Å². The molecule has 0 aliphatic carbocycles. The molecular formula is C12H25Cl. The fourth-order valence-corrected chi connectivity index (χ4v) is 2.07. The molecular weight excluding hydrogens is 180 g/mol. The summed E-state index contributed by atoms with van der Waals surface area (Å²) in [4.78, 5) is -0.0287. The molecule has 1 heteroatoms. The standard InChI is InChI=1S/C12H25Cl/c1-7-10(4)12(6,13)11(5)8-9(2)3/h9-11H,7-8H2,1-6H3. The van der Waals surface area contributed by atoms with E-state index in [-0.39, 0.29) is 4.87 Å². The van der Waals surface area contributed by atoms with Crippen molar-refractivity contribution in [3.05, 3.63) is 0 Å². The van der Waals surface area contributed by atoms with Gasteiger partial charge in [-0.3, -0.25) is 0 Å². The van der Waals surface area contributed by atoms with Crippen LogP contribution >= 0.6 is 11.6 Å². The first-order valence-corrected chi connectivity index (χ1v) is 5.89. The van der Waals surface area contributed by atoms with Crippen molar-refractivity contribution in [3.63, 3.8) is 0 Å². The Labute approximate surface area is 89.1 Å². The van der Waals surface area contributed by atoms with Crippen LogP contribution in [0.3, 0.4) is 0 Å². The first-order chi connectivity index (χ1) is 5.82. The van der Waals surface area contributed by atoms with Gasteiger partial charge >= 0.3 is 0 Å². The van der Waals surface area contributed by atoms with Crippen molar-refractivity contribution in [2.45, 2.75) is 59.3 Å². The normalized spacial score (nSPS) is 21.2.